The summed E-state index contributed by atoms with van der Waals surface area (Å²) in [5.41, 5.74) is 6.46. The molecule has 0 aliphatic heterocycles. The standard InChI is InChI=1S/C17H17N3O2S.C17H17N3OS.4CH4/c1-22-17-7-6-13(10-20-12-18-11-19-20)8-16(17)14-4-3-5-15(9-14)23(2)21;1-21-17-7-6-13(10-20-12-18-11-19-20)8-16(17)14-4-3-5-15(9-14)22-2;;;;/h3-9,11-12H,10H2,1-2H3;3-9,11-12H,10H2,1-2H3;4*1H4. The number of benzene rings is 4. The number of ether oxygens (including phenoxy) is 2. The van der Waals surface area contributed by atoms with E-state index >= 15 is 0 Å². The molecule has 0 N–H and O–H groups in total. The first kappa shape index (κ1) is 42.3. The lowest BCUT2D eigenvalue weighted by Crippen LogP contribution is -2.01. The number of rotatable bonds is 10. The van der Waals surface area contributed by atoms with E-state index in [0.29, 0.717) is 13.1 Å². The Kier molecular flexibility index (Phi) is 17.8. The summed E-state index contributed by atoms with van der Waals surface area (Å²) in [6, 6.07) is 28.4. The highest BCUT2D eigenvalue weighted by Gasteiger charge is 2.11. The molecule has 1 unspecified atom stereocenters. The van der Waals surface area contributed by atoms with Crippen molar-refractivity contribution >= 4 is 22.6 Å². The van der Waals surface area contributed by atoms with Gasteiger partial charge in [-0.05, 0) is 77.0 Å². The number of nitrogens with zero attached hydrogens (tertiary/aromatic N) is 6. The van der Waals surface area contributed by atoms with Crippen LogP contribution >= 0.6 is 11.8 Å². The summed E-state index contributed by atoms with van der Waals surface area (Å²) >= 11 is 1.74. The van der Waals surface area contributed by atoms with Gasteiger partial charge in [-0.1, -0.05) is 66.1 Å². The minimum Gasteiger partial charge on any atom is -0.496 e. The van der Waals surface area contributed by atoms with Gasteiger partial charge < -0.3 is 9.47 Å². The second-order valence-corrected chi connectivity index (χ2v) is 12.2. The third-order valence-electron chi connectivity index (χ3n) is 7.01. The molecule has 1 atom stereocenters. The zero-order valence-corrected chi connectivity index (χ0v) is 27.2. The summed E-state index contributed by atoms with van der Waals surface area (Å²) in [6.45, 7) is 1.33. The zero-order valence-electron chi connectivity index (χ0n) is 25.5. The van der Waals surface area contributed by atoms with Crippen LogP contribution in [0.15, 0.2) is 120 Å². The Balaban J connectivity index is 0.000000453. The van der Waals surface area contributed by atoms with Gasteiger partial charge in [0.15, 0.2) is 0 Å². The minimum absolute atomic E-state index is 0. The Morgan fingerprint density at radius 3 is 1.59 bits per heavy atom. The fraction of sp³-hybridized carbons (Fsp3) is 0.263. The van der Waals surface area contributed by atoms with Gasteiger partial charge in [0.2, 0.25) is 0 Å². The van der Waals surface area contributed by atoms with Gasteiger partial charge in [0.25, 0.3) is 0 Å². The highest BCUT2D eigenvalue weighted by Crippen LogP contribution is 2.34. The normalized spacial score (nSPS) is 10.4. The molecular weight excluding hydrogens is 653 g/mol. The van der Waals surface area contributed by atoms with Crippen LogP contribution in [0.1, 0.15) is 40.8 Å². The number of aromatic nitrogens is 6. The zero-order chi connectivity index (χ0) is 31.6. The van der Waals surface area contributed by atoms with Crippen LogP contribution in [-0.4, -0.2) is 60.5 Å². The molecule has 2 aromatic heterocycles. The van der Waals surface area contributed by atoms with Crippen molar-refractivity contribution in [2.75, 3.05) is 26.7 Å². The van der Waals surface area contributed by atoms with Crippen molar-refractivity contribution in [3.05, 3.63) is 121 Å². The summed E-state index contributed by atoms with van der Waals surface area (Å²) in [7, 11) is 2.34. The van der Waals surface area contributed by atoms with E-state index in [9.17, 15) is 4.21 Å². The van der Waals surface area contributed by atoms with E-state index in [2.05, 4.69) is 68.9 Å². The lowest BCUT2D eigenvalue weighted by atomic mass is 10.0. The predicted octanol–water partition coefficient (Wildman–Crippen LogP) is 9.01. The van der Waals surface area contributed by atoms with Gasteiger partial charge >= 0.3 is 0 Å². The average Bonchev–Trinajstić information content (AvgIpc) is 3.80. The van der Waals surface area contributed by atoms with Crippen molar-refractivity contribution in [1.29, 1.82) is 0 Å². The van der Waals surface area contributed by atoms with Gasteiger partial charge in [0.1, 0.15) is 36.8 Å². The van der Waals surface area contributed by atoms with E-state index in [0.717, 1.165) is 49.8 Å². The highest BCUT2D eigenvalue weighted by atomic mass is 32.2. The molecule has 0 fully saturated rings. The number of thioether (sulfide) groups is 1. The molecule has 0 bridgehead atoms. The summed E-state index contributed by atoms with van der Waals surface area (Å²) in [5, 5.41) is 8.28. The van der Waals surface area contributed by atoms with Crippen molar-refractivity contribution in [2.24, 2.45) is 0 Å². The Morgan fingerprint density at radius 1 is 0.673 bits per heavy atom. The molecule has 0 amide bonds. The Morgan fingerprint density at radius 2 is 1.16 bits per heavy atom. The smallest absolute Gasteiger partial charge is 0.137 e. The number of hydrogen-bond acceptors (Lipinski definition) is 8. The lowest BCUT2D eigenvalue weighted by molar-refractivity contribution is 0.416. The van der Waals surface area contributed by atoms with Crippen molar-refractivity contribution in [1.82, 2.24) is 29.5 Å². The Hall–Kier alpha value is -4.74. The SMILES string of the molecule is C.C.C.C.COc1ccc(Cn2cncn2)cc1-c1cccc(S(C)=O)c1.COc1ccc(Cn2cncn2)cc1-c1cccc(SC)c1. The maximum atomic E-state index is 11.7. The van der Waals surface area contributed by atoms with Gasteiger partial charge in [-0.3, -0.25) is 4.21 Å². The molecule has 9 nitrogen and oxygen atoms in total. The maximum absolute atomic E-state index is 11.7. The van der Waals surface area contributed by atoms with E-state index in [1.165, 1.54) is 11.2 Å². The van der Waals surface area contributed by atoms with Crippen molar-refractivity contribution < 1.29 is 13.7 Å². The largest absolute Gasteiger partial charge is 0.496 e. The molecule has 0 radical (unpaired) electrons. The Bertz CT molecular complexity index is 1860. The van der Waals surface area contributed by atoms with E-state index in [1.54, 1.807) is 55.9 Å². The fourth-order valence-corrected chi connectivity index (χ4v) is 5.82. The van der Waals surface area contributed by atoms with E-state index in [1.807, 2.05) is 47.1 Å². The molecule has 0 aliphatic carbocycles. The lowest BCUT2D eigenvalue weighted by Gasteiger charge is -2.12. The predicted molar refractivity (Wildman–Crippen MR) is 206 cm³/mol. The van der Waals surface area contributed by atoms with Gasteiger partial charge in [-0.15, -0.1) is 11.8 Å². The van der Waals surface area contributed by atoms with Crippen molar-refractivity contribution in [3.8, 4) is 33.8 Å². The van der Waals surface area contributed by atoms with Gasteiger partial charge in [-0.25, -0.2) is 19.3 Å². The summed E-state index contributed by atoms with van der Waals surface area (Å²) in [5.74, 6) is 1.66. The summed E-state index contributed by atoms with van der Waals surface area (Å²) in [6.07, 6.45) is 10.2. The molecule has 11 heteroatoms. The van der Waals surface area contributed by atoms with Crippen molar-refractivity contribution in [3.63, 3.8) is 0 Å². The number of hydrogen-bond donors (Lipinski definition) is 0. The highest BCUT2D eigenvalue weighted by molar-refractivity contribution is 7.98. The van der Waals surface area contributed by atoms with Crippen LogP contribution in [0.3, 0.4) is 0 Å². The van der Waals surface area contributed by atoms with Crippen LogP contribution in [0.5, 0.6) is 11.5 Å². The molecule has 2 heterocycles. The van der Waals surface area contributed by atoms with E-state index in [-0.39, 0.29) is 29.7 Å². The first-order valence-corrected chi connectivity index (χ1v) is 16.8. The summed E-state index contributed by atoms with van der Waals surface area (Å²) < 4.78 is 26.3. The molecule has 49 heavy (non-hydrogen) atoms. The van der Waals surface area contributed by atoms with Gasteiger partial charge in [0.05, 0.1) is 27.3 Å². The molecular formula is C38H50N6O3S2. The molecule has 0 saturated carbocycles. The molecule has 4 aromatic carbocycles. The van der Waals surface area contributed by atoms with E-state index < -0.39 is 10.8 Å². The van der Waals surface area contributed by atoms with Crippen LogP contribution in [0.25, 0.3) is 22.3 Å². The molecule has 0 spiro atoms. The average molecular weight is 703 g/mol. The van der Waals surface area contributed by atoms with Gasteiger partial charge in [0, 0.05) is 38.0 Å². The van der Waals surface area contributed by atoms with E-state index in [4.69, 9.17) is 9.47 Å². The first-order valence-electron chi connectivity index (χ1n) is 14.0. The second kappa shape index (κ2) is 20.6. The quantitative estimate of drug-likeness (QED) is 0.131. The Labute approximate surface area is 299 Å². The third kappa shape index (κ3) is 11.2. The van der Waals surface area contributed by atoms with Crippen LogP contribution in [-0.2, 0) is 23.9 Å². The molecule has 262 valence electrons. The monoisotopic (exact) mass is 702 g/mol. The van der Waals surface area contributed by atoms with Crippen LogP contribution in [0, 0.1) is 0 Å². The topological polar surface area (TPSA) is 96.9 Å². The second-order valence-electron chi connectivity index (χ2n) is 9.97. The van der Waals surface area contributed by atoms with Crippen LogP contribution < -0.4 is 9.47 Å². The molecule has 6 rings (SSSR count). The maximum Gasteiger partial charge on any atom is 0.137 e. The molecule has 0 saturated heterocycles. The van der Waals surface area contributed by atoms with Crippen molar-refractivity contribution in [2.45, 2.75) is 52.6 Å². The number of methoxy groups -OCH3 is 2. The third-order valence-corrected chi connectivity index (χ3v) is 8.65. The molecule has 6 aromatic rings. The molecule has 0 aliphatic rings. The minimum atomic E-state index is -1.02. The van der Waals surface area contributed by atoms with Crippen LogP contribution in [0.4, 0.5) is 0 Å². The van der Waals surface area contributed by atoms with Gasteiger partial charge in [-0.2, -0.15) is 10.2 Å². The first-order chi connectivity index (χ1) is 22.0. The fourth-order valence-electron chi connectivity index (χ4n) is 4.79. The van der Waals surface area contributed by atoms with Crippen LogP contribution in [0.2, 0.25) is 0 Å². The summed E-state index contributed by atoms with van der Waals surface area (Å²) in [4.78, 5) is 9.97.